The zero-order chi connectivity index (χ0) is 17.6. The van der Waals surface area contributed by atoms with Gasteiger partial charge in [-0.15, -0.1) is 0 Å². The molecule has 0 aliphatic heterocycles. The van der Waals surface area contributed by atoms with Crippen LogP contribution in [0, 0.1) is 6.92 Å². The van der Waals surface area contributed by atoms with Gasteiger partial charge in [-0.2, -0.15) is 5.10 Å². The molecule has 0 atom stereocenters. The van der Waals surface area contributed by atoms with E-state index in [1.807, 2.05) is 30.3 Å². The molecule has 0 radical (unpaired) electrons. The quantitative estimate of drug-likeness (QED) is 0.567. The van der Waals surface area contributed by atoms with Crippen LogP contribution in [0.2, 0.25) is 0 Å². The van der Waals surface area contributed by atoms with Crippen molar-refractivity contribution < 1.29 is 14.3 Å². The lowest BCUT2D eigenvalue weighted by molar-refractivity contribution is 0.0748. The summed E-state index contributed by atoms with van der Waals surface area (Å²) in [4.78, 5) is 12.8. The van der Waals surface area contributed by atoms with Crippen molar-refractivity contribution in [1.29, 1.82) is 0 Å². The van der Waals surface area contributed by atoms with Gasteiger partial charge in [0.2, 0.25) is 0 Å². The first-order valence-electron chi connectivity index (χ1n) is 7.87. The highest BCUT2D eigenvalue weighted by Crippen LogP contribution is 2.17. The Bertz CT molecular complexity index is 885. The van der Waals surface area contributed by atoms with Crippen molar-refractivity contribution in [3.8, 4) is 5.75 Å². The molecule has 1 heterocycles. The molecular formula is C20H18N2O3. The fraction of sp³-hybridized carbons (Fsp3) is 0.100. The van der Waals surface area contributed by atoms with E-state index in [9.17, 15) is 9.90 Å². The Morgan fingerprint density at radius 3 is 2.52 bits per heavy atom. The van der Waals surface area contributed by atoms with Crippen molar-refractivity contribution in [2.75, 3.05) is 0 Å². The van der Waals surface area contributed by atoms with Crippen LogP contribution in [0.5, 0.6) is 5.75 Å². The number of hydrogen-bond acceptors (Lipinski definition) is 4. The minimum atomic E-state index is -0.262. The van der Waals surface area contributed by atoms with Crippen LogP contribution in [-0.2, 0) is 6.54 Å². The summed E-state index contributed by atoms with van der Waals surface area (Å²) in [7, 11) is 0. The van der Waals surface area contributed by atoms with Crippen LogP contribution >= 0.6 is 0 Å². The molecule has 0 spiro atoms. The lowest BCUT2D eigenvalue weighted by atomic mass is 10.2. The molecule has 5 nitrogen and oxygen atoms in total. The van der Waals surface area contributed by atoms with Gasteiger partial charge >= 0.3 is 0 Å². The maximum Gasteiger partial charge on any atom is 0.277 e. The summed E-state index contributed by atoms with van der Waals surface area (Å²) < 4.78 is 5.23. The van der Waals surface area contributed by atoms with Gasteiger partial charge in [0.25, 0.3) is 5.91 Å². The molecule has 3 rings (SSSR count). The summed E-state index contributed by atoms with van der Waals surface area (Å²) >= 11 is 0. The van der Waals surface area contributed by atoms with Crippen LogP contribution in [0.25, 0.3) is 0 Å². The van der Waals surface area contributed by atoms with Gasteiger partial charge in [-0.25, -0.2) is 5.01 Å². The summed E-state index contributed by atoms with van der Waals surface area (Å²) in [5, 5.41) is 15.5. The summed E-state index contributed by atoms with van der Waals surface area (Å²) in [5.74, 6) is 0.389. The third-order valence-electron chi connectivity index (χ3n) is 3.77. The summed E-state index contributed by atoms with van der Waals surface area (Å²) in [5.41, 5.74) is 1.95. The van der Waals surface area contributed by atoms with Crippen LogP contribution < -0.4 is 0 Å². The lowest BCUT2D eigenvalue weighted by Gasteiger charge is -2.17. The van der Waals surface area contributed by atoms with Gasteiger partial charge in [-0.3, -0.25) is 4.79 Å². The number of nitrogens with zero attached hydrogens (tertiary/aromatic N) is 2. The van der Waals surface area contributed by atoms with Crippen molar-refractivity contribution >= 4 is 12.1 Å². The van der Waals surface area contributed by atoms with Crippen LogP contribution in [0.3, 0.4) is 0 Å². The summed E-state index contributed by atoms with van der Waals surface area (Å²) in [6.07, 6.45) is 2.96. The molecular weight excluding hydrogens is 316 g/mol. The molecule has 25 heavy (non-hydrogen) atoms. The van der Waals surface area contributed by atoms with E-state index in [1.165, 1.54) is 17.5 Å². The number of phenolic OH excluding ortho intramolecular Hbond substituents is 1. The van der Waals surface area contributed by atoms with E-state index in [-0.39, 0.29) is 11.7 Å². The Morgan fingerprint density at radius 2 is 1.84 bits per heavy atom. The molecule has 0 bridgehead atoms. The number of aryl methyl sites for hydroxylation is 1. The third kappa shape index (κ3) is 3.95. The molecule has 0 saturated carbocycles. The van der Waals surface area contributed by atoms with Crippen molar-refractivity contribution in [1.82, 2.24) is 5.01 Å². The minimum absolute atomic E-state index is 0.109. The second kappa shape index (κ2) is 7.49. The van der Waals surface area contributed by atoms with Crippen LogP contribution in [0.15, 0.2) is 76.4 Å². The van der Waals surface area contributed by atoms with Crippen LogP contribution in [0.4, 0.5) is 0 Å². The zero-order valence-electron chi connectivity index (χ0n) is 13.8. The standard InChI is InChI=1S/C20H18N2O3/c1-15-18(11-12-25-15)20(24)22(14-16-7-3-2-4-8-16)21-13-17-9-5-6-10-19(17)23/h2-13,23H,14H2,1H3/b21-13+. The number of para-hydroxylation sites is 1. The highest BCUT2D eigenvalue weighted by molar-refractivity contribution is 5.96. The van der Waals surface area contributed by atoms with Crippen LogP contribution in [0.1, 0.15) is 27.2 Å². The number of benzene rings is 2. The fourth-order valence-corrected chi connectivity index (χ4v) is 2.40. The number of rotatable bonds is 5. The molecule has 0 fully saturated rings. The average molecular weight is 334 g/mol. The smallest absolute Gasteiger partial charge is 0.277 e. The van der Waals surface area contributed by atoms with E-state index in [0.717, 1.165) is 5.56 Å². The second-order valence-electron chi connectivity index (χ2n) is 5.54. The van der Waals surface area contributed by atoms with Gasteiger partial charge in [-0.05, 0) is 30.7 Å². The van der Waals surface area contributed by atoms with E-state index in [2.05, 4.69) is 5.10 Å². The fourth-order valence-electron chi connectivity index (χ4n) is 2.40. The first-order valence-corrected chi connectivity index (χ1v) is 7.87. The van der Waals surface area contributed by atoms with Gasteiger partial charge in [0, 0.05) is 5.56 Å². The van der Waals surface area contributed by atoms with E-state index in [1.54, 1.807) is 37.3 Å². The van der Waals surface area contributed by atoms with Gasteiger partial charge in [0.15, 0.2) is 0 Å². The topological polar surface area (TPSA) is 66.0 Å². The summed E-state index contributed by atoms with van der Waals surface area (Å²) in [6, 6.07) is 18.1. The SMILES string of the molecule is Cc1occc1C(=O)N(Cc1ccccc1)/N=C/c1ccccc1O. The Kier molecular flexibility index (Phi) is 4.95. The number of aromatic hydroxyl groups is 1. The van der Waals surface area contributed by atoms with Gasteiger partial charge in [0.05, 0.1) is 24.6 Å². The number of carbonyl (C=O) groups is 1. The van der Waals surface area contributed by atoms with Crippen molar-refractivity contribution in [3.63, 3.8) is 0 Å². The number of phenols is 1. The Labute approximate surface area is 145 Å². The molecule has 1 N–H and O–H groups in total. The van der Waals surface area contributed by atoms with E-state index in [4.69, 9.17) is 4.42 Å². The van der Waals surface area contributed by atoms with E-state index in [0.29, 0.717) is 23.4 Å². The van der Waals surface area contributed by atoms with Crippen molar-refractivity contribution in [3.05, 3.63) is 89.4 Å². The van der Waals surface area contributed by atoms with E-state index < -0.39 is 0 Å². The molecule has 1 aromatic heterocycles. The lowest BCUT2D eigenvalue weighted by Crippen LogP contribution is -2.26. The average Bonchev–Trinajstić information content (AvgIpc) is 3.06. The molecule has 0 aliphatic carbocycles. The van der Waals surface area contributed by atoms with Crippen molar-refractivity contribution in [2.24, 2.45) is 5.10 Å². The molecule has 1 amide bonds. The van der Waals surface area contributed by atoms with Gasteiger partial charge in [0.1, 0.15) is 11.5 Å². The van der Waals surface area contributed by atoms with Crippen molar-refractivity contribution in [2.45, 2.75) is 13.5 Å². The predicted octanol–water partition coefficient (Wildman–Crippen LogP) is 3.97. The first kappa shape index (κ1) is 16.5. The number of carbonyl (C=O) groups excluding carboxylic acids is 1. The highest BCUT2D eigenvalue weighted by atomic mass is 16.3. The van der Waals surface area contributed by atoms with Crippen LogP contribution in [-0.4, -0.2) is 22.2 Å². The molecule has 126 valence electrons. The Balaban J connectivity index is 1.90. The first-order chi connectivity index (χ1) is 12.1. The second-order valence-corrected chi connectivity index (χ2v) is 5.54. The van der Waals surface area contributed by atoms with Gasteiger partial charge in [-0.1, -0.05) is 42.5 Å². The monoisotopic (exact) mass is 334 g/mol. The highest BCUT2D eigenvalue weighted by Gasteiger charge is 2.19. The normalized spacial score (nSPS) is 10.9. The largest absolute Gasteiger partial charge is 0.507 e. The zero-order valence-corrected chi connectivity index (χ0v) is 13.8. The third-order valence-corrected chi connectivity index (χ3v) is 3.77. The molecule has 0 unspecified atom stereocenters. The van der Waals surface area contributed by atoms with E-state index >= 15 is 0 Å². The maximum atomic E-state index is 12.8. The number of hydrogen-bond donors (Lipinski definition) is 1. The molecule has 0 saturated heterocycles. The summed E-state index contributed by atoms with van der Waals surface area (Å²) in [6.45, 7) is 2.05. The Morgan fingerprint density at radius 1 is 1.12 bits per heavy atom. The minimum Gasteiger partial charge on any atom is -0.507 e. The number of amides is 1. The molecule has 0 aliphatic rings. The predicted molar refractivity (Wildman–Crippen MR) is 95.5 cm³/mol. The maximum absolute atomic E-state index is 12.8. The molecule has 3 aromatic rings. The number of hydrazone groups is 1. The Hall–Kier alpha value is -3.34. The van der Waals surface area contributed by atoms with Gasteiger partial charge < -0.3 is 9.52 Å². The number of furan rings is 1. The molecule has 5 heteroatoms. The molecule has 2 aromatic carbocycles.